The average molecular weight is 271 g/mol. The largest absolute Gasteiger partial charge is 0.383 e. The van der Waals surface area contributed by atoms with E-state index in [4.69, 9.17) is 4.74 Å². The maximum absolute atomic E-state index is 5.01. The third-order valence-electron chi connectivity index (χ3n) is 4.42. The van der Waals surface area contributed by atoms with E-state index in [-0.39, 0.29) is 0 Å². The predicted octanol–water partition coefficient (Wildman–Crippen LogP) is 1.42. The molecule has 0 heterocycles. The summed E-state index contributed by atoms with van der Waals surface area (Å²) < 4.78 is 5.01. The molecule has 19 heavy (non-hydrogen) atoms. The van der Waals surface area contributed by atoms with E-state index in [0.717, 1.165) is 19.7 Å². The lowest BCUT2D eigenvalue weighted by atomic mass is 9.75. The second-order valence-corrected chi connectivity index (χ2v) is 6.16. The van der Waals surface area contributed by atoms with Gasteiger partial charge < -0.3 is 19.9 Å². The molecule has 0 bridgehead atoms. The maximum atomic E-state index is 5.01. The Morgan fingerprint density at radius 3 is 2.37 bits per heavy atom. The Balaban J connectivity index is 2.03. The van der Waals surface area contributed by atoms with Crippen molar-refractivity contribution in [3.8, 4) is 0 Å². The summed E-state index contributed by atoms with van der Waals surface area (Å²) in [5, 5.41) is 3.40. The van der Waals surface area contributed by atoms with Crippen molar-refractivity contribution in [2.24, 2.45) is 0 Å². The van der Waals surface area contributed by atoms with Gasteiger partial charge in [-0.1, -0.05) is 0 Å². The van der Waals surface area contributed by atoms with Crippen LogP contribution in [0, 0.1) is 0 Å². The molecule has 1 rings (SSSR count). The van der Waals surface area contributed by atoms with Crippen molar-refractivity contribution in [2.75, 3.05) is 61.0 Å². The minimum absolute atomic E-state index is 0.464. The molecule has 0 atom stereocenters. The number of likely N-dealkylation sites (N-methyl/N-ethyl adjacent to an activating group) is 2. The number of nitrogens with zero attached hydrogens (tertiary/aromatic N) is 2. The minimum atomic E-state index is 0.464. The van der Waals surface area contributed by atoms with E-state index in [0.29, 0.717) is 5.54 Å². The zero-order valence-electron chi connectivity index (χ0n) is 13.4. The summed E-state index contributed by atoms with van der Waals surface area (Å²) in [7, 11) is 8.47. The maximum Gasteiger partial charge on any atom is 0.0587 e. The fourth-order valence-electron chi connectivity index (χ4n) is 2.84. The van der Waals surface area contributed by atoms with Crippen LogP contribution in [0.1, 0.15) is 32.1 Å². The Morgan fingerprint density at radius 1 is 1.11 bits per heavy atom. The van der Waals surface area contributed by atoms with Crippen molar-refractivity contribution in [1.29, 1.82) is 0 Å². The molecule has 0 aromatic heterocycles. The van der Waals surface area contributed by atoms with E-state index in [1.807, 2.05) is 0 Å². The number of ether oxygens (including phenoxy) is 1. The van der Waals surface area contributed by atoms with E-state index in [9.17, 15) is 0 Å². The lowest BCUT2D eigenvalue weighted by Crippen LogP contribution is -2.56. The second-order valence-electron chi connectivity index (χ2n) is 6.16. The van der Waals surface area contributed by atoms with Crippen LogP contribution in [-0.4, -0.2) is 76.4 Å². The molecule has 0 saturated heterocycles. The highest BCUT2D eigenvalue weighted by Gasteiger charge is 2.39. The van der Waals surface area contributed by atoms with Crippen molar-refractivity contribution < 1.29 is 4.74 Å². The monoisotopic (exact) mass is 271 g/mol. The summed E-state index contributed by atoms with van der Waals surface area (Å²) in [6.07, 6.45) is 6.66. The molecule has 1 saturated carbocycles. The van der Waals surface area contributed by atoms with Crippen molar-refractivity contribution in [1.82, 2.24) is 15.1 Å². The van der Waals surface area contributed by atoms with Crippen LogP contribution in [0.4, 0.5) is 0 Å². The third-order valence-corrected chi connectivity index (χ3v) is 4.42. The molecule has 0 aliphatic heterocycles. The summed E-state index contributed by atoms with van der Waals surface area (Å²) >= 11 is 0. The van der Waals surface area contributed by atoms with Gasteiger partial charge in [-0.25, -0.2) is 0 Å². The zero-order chi connectivity index (χ0) is 14.1. The van der Waals surface area contributed by atoms with Gasteiger partial charge in [0.25, 0.3) is 0 Å². The molecule has 1 aliphatic carbocycles. The summed E-state index contributed by atoms with van der Waals surface area (Å²) in [6.45, 7) is 5.32. The van der Waals surface area contributed by atoms with Gasteiger partial charge in [0.15, 0.2) is 0 Å². The van der Waals surface area contributed by atoms with Crippen LogP contribution in [0.5, 0.6) is 0 Å². The average Bonchev–Trinajstić information content (AvgIpc) is 2.32. The Bertz CT molecular complexity index is 229. The number of methoxy groups -OCH3 is 1. The Morgan fingerprint density at radius 2 is 1.84 bits per heavy atom. The molecule has 4 heteroatoms. The molecule has 0 unspecified atom stereocenters. The standard InChI is InChI=1S/C15H33N3O/c1-17(2)15(8-7-9-15)14-18(3)12-6-5-10-16-11-13-19-4/h16H,5-14H2,1-4H3. The van der Waals surface area contributed by atoms with Crippen LogP contribution < -0.4 is 5.32 Å². The topological polar surface area (TPSA) is 27.7 Å². The van der Waals surface area contributed by atoms with E-state index < -0.39 is 0 Å². The Hall–Kier alpha value is -0.160. The molecule has 1 N–H and O–H groups in total. The number of hydrogen-bond donors (Lipinski definition) is 1. The lowest BCUT2D eigenvalue weighted by Gasteiger charge is -2.49. The van der Waals surface area contributed by atoms with E-state index in [1.165, 1.54) is 45.2 Å². The Labute approximate surface area is 119 Å². The summed E-state index contributed by atoms with van der Waals surface area (Å²) in [6, 6.07) is 0. The number of rotatable bonds is 11. The second kappa shape index (κ2) is 8.90. The van der Waals surface area contributed by atoms with Crippen molar-refractivity contribution in [2.45, 2.75) is 37.6 Å². The summed E-state index contributed by atoms with van der Waals surface area (Å²) in [5.74, 6) is 0. The first kappa shape index (κ1) is 16.9. The van der Waals surface area contributed by atoms with E-state index in [1.54, 1.807) is 7.11 Å². The quantitative estimate of drug-likeness (QED) is 0.575. The van der Waals surface area contributed by atoms with E-state index in [2.05, 4.69) is 36.3 Å². The predicted molar refractivity (Wildman–Crippen MR) is 81.7 cm³/mol. The fraction of sp³-hybridized carbons (Fsp3) is 1.00. The summed E-state index contributed by atoms with van der Waals surface area (Å²) in [5.41, 5.74) is 0.464. The first-order valence-electron chi connectivity index (χ1n) is 7.66. The normalized spacial score (nSPS) is 18.0. The first-order valence-corrected chi connectivity index (χ1v) is 7.66. The molecule has 0 aromatic carbocycles. The van der Waals surface area contributed by atoms with Crippen LogP contribution in [-0.2, 0) is 4.74 Å². The fourth-order valence-corrected chi connectivity index (χ4v) is 2.84. The first-order chi connectivity index (χ1) is 9.10. The highest BCUT2D eigenvalue weighted by atomic mass is 16.5. The highest BCUT2D eigenvalue weighted by molar-refractivity contribution is 4.97. The molecule has 1 fully saturated rings. The number of hydrogen-bond acceptors (Lipinski definition) is 4. The highest BCUT2D eigenvalue weighted by Crippen LogP contribution is 2.36. The molecule has 0 spiro atoms. The van der Waals surface area contributed by atoms with Gasteiger partial charge >= 0.3 is 0 Å². The van der Waals surface area contributed by atoms with Gasteiger partial charge in [-0.05, 0) is 66.3 Å². The van der Waals surface area contributed by atoms with E-state index >= 15 is 0 Å². The van der Waals surface area contributed by atoms with Gasteiger partial charge in [0.1, 0.15) is 0 Å². The van der Waals surface area contributed by atoms with Gasteiger partial charge in [0.2, 0.25) is 0 Å². The Kier molecular flexibility index (Phi) is 7.91. The van der Waals surface area contributed by atoms with Crippen LogP contribution in [0.3, 0.4) is 0 Å². The van der Waals surface area contributed by atoms with Crippen LogP contribution in [0.25, 0.3) is 0 Å². The molecule has 1 aliphatic rings. The summed E-state index contributed by atoms with van der Waals surface area (Å²) in [4.78, 5) is 4.94. The van der Waals surface area contributed by atoms with Crippen molar-refractivity contribution in [3.63, 3.8) is 0 Å². The van der Waals surface area contributed by atoms with Crippen LogP contribution in [0.2, 0.25) is 0 Å². The molecule has 114 valence electrons. The minimum Gasteiger partial charge on any atom is -0.383 e. The van der Waals surface area contributed by atoms with Crippen LogP contribution >= 0.6 is 0 Å². The molecule has 0 radical (unpaired) electrons. The van der Waals surface area contributed by atoms with Gasteiger partial charge in [-0.2, -0.15) is 0 Å². The van der Waals surface area contributed by atoms with Crippen molar-refractivity contribution in [3.05, 3.63) is 0 Å². The molecular formula is C15H33N3O. The number of nitrogens with one attached hydrogen (secondary N) is 1. The molecule has 0 amide bonds. The number of unbranched alkanes of at least 4 members (excludes halogenated alkanes) is 1. The van der Waals surface area contributed by atoms with Gasteiger partial charge in [-0.3, -0.25) is 0 Å². The zero-order valence-corrected chi connectivity index (χ0v) is 13.4. The lowest BCUT2D eigenvalue weighted by molar-refractivity contribution is 0.0275. The molecular weight excluding hydrogens is 238 g/mol. The molecule has 4 nitrogen and oxygen atoms in total. The third kappa shape index (κ3) is 5.78. The van der Waals surface area contributed by atoms with Crippen LogP contribution in [0.15, 0.2) is 0 Å². The van der Waals surface area contributed by atoms with Gasteiger partial charge in [-0.15, -0.1) is 0 Å². The van der Waals surface area contributed by atoms with Gasteiger partial charge in [0, 0.05) is 25.7 Å². The molecule has 0 aromatic rings. The van der Waals surface area contributed by atoms with Gasteiger partial charge in [0.05, 0.1) is 6.61 Å². The smallest absolute Gasteiger partial charge is 0.0587 e. The SMILES string of the molecule is COCCNCCCCN(C)CC1(N(C)C)CCC1. The van der Waals surface area contributed by atoms with Crippen molar-refractivity contribution >= 4 is 0 Å².